The summed E-state index contributed by atoms with van der Waals surface area (Å²) >= 11 is 0. The molecule has 13 heavy (non-hydrogen) atoms. The number of furan rings is 1. The SMILES string of the molecule is [C-]#[N+]c1c2cccccc-2oc1=N. The van der Waals surface area contributed by atoms with E-state index in [2.05, 4.69) is 4.85 Å². The second-order valence-corrected chi connectivity index (χ2v) is 2.58. The van der Waals surface area contributed by atoms with Crippen LogP contribution in [0.2, 0.25) is 0 Å². The quantitative estimate of drug-likeness (QED) is 0.606. The summed E-state index contributed by atoms with van der Waals surface area (Å²) in [5.41, 5.74) is 0.924. The van der Waals surface area contributed by atoms with Gasteiger partial charge in [-0.1, -0.05) is 24.3 Å². The second kappa shape index (κ2) is 2.76. The summed E-state index contributed by atoms with van der Waals surface area (Å²) < 4.78 is 5.10. The van der Waals surface area contributed by atoms with Crippen LogP contribution in [0.15, 0.2) is 34.7 Å². The van der Waals surface area contributed by atoms with Crippen LogP contribution in [0.5, 0.6) is 0 Å². The normalized spacial score (nSPS) is 9.77. The summed E-state index contributed by atoms with van der Waals surface area (Å²) in [5.74, 6) is 0.584. The zero-order chi connectivity index (χ0) is 9.26. The van der Waals surface area contributed by atoms with Gasteiger partial charge < -0.3 is 4.42 Å². The Hall–Kier alpha value is -2.08. The molecule has 1 N–H and O–H groups in total. The number of nitrogens with one attached hydrogen (secondary N) is 1. The smallest absolute Gasteiger partial charge is 0.257 e. The van der Waals surface area contributed by atoms with Gasteiger partial charge in [-0.15, -0.1) is 0 Å². The molecular weight excluding hydrogens is 164 g/mol. The molecule has 1 aliphatic carbocycles. The fraction of sp³-hybridized carbons (Fsp3) is 0. The van der Waals surface area contributed by atoms with E-state index in [0.29, 0.717) is 11.3 Å². The van der Waals surface area contributed by atoms with E-state index in [-0.39, 0.29) is 11.2 Å². The van der Waals surface area contributed by atoms with Crippen LogP contribution in [-0.2, 0) is 0 Å². The van der Waals surface area contributed by atoms with Gasteiger partial charge in [0.2, 0.25) is 5.55 Å². The molecule has 0 saturated carbocycles. The lowest BCUT2D eigenvalue weighted by Gasteiger charge is -1.86. The summed E-state index contributed by atoms with van der Waals surface area (Å²) in [6.45, 7) is 6.89. The van der Waals surface area contributed by atoms with E-state index in [1.807, 2.05) is 18.2 Å². The molecule has 1 aliphatic heterocycles. The van der Waals surface area contributed by atoms with Crippen LogP contribution in [0.1, 0.15) is 0 Å². The van der Waals surface area contributed by atoms with Crippen molar-refractivity contribution in [3.63, 3.8) is 0 Å². The zero-order valence-electron chi connectivity index (χ0n) is 6.74. The van der Waals surface area contributed by atoms with Gasteiger partial charge >= 0.3 is 0 Å². The van der Waals surface area contributed by atoms with Gasteiger partial charge in [-0.05, 0) is 6.07 Å². The molecule has 2 aliphatic rings. The Morgan fingerprint density at radius 1 is 1.23 bits per heavy atom. The highest BCUT2D eigenvalue weighted by Gasteiger charge is 2.12. The van der Waals surface area contributed by atoms with Crippen molar-refractivity contribution < 1.29 is 4.42 Å². The van der Waals surface area contributed by atoms with Gasteiger partial charge in [0.25, 0.3) is 5.69 Å². The first kappa shape index (κ1) is 7.56. The predicted molar refractivity (Wildman–Crippen MR) is 47.4 cm³/mol. The Labute approximate surface area is 74.9 Å². The van der Waals surface area contributed by atoms with Crippen molar-refractivity contribution in [3.05, 3.63) is 47.3 Å². The molecule has 0 aromatic carbocycles. The number of fused-ring (bicyclic) bond motifs is 1. The molecule has 0 spiro atoms. The van der Waals surface area contributed by atoms with E-state index in [0.717, 1.165) is 0 Å². The maximum Gasteiger partial charge on any atom is 0.257 e. The van der Waals surface area contributed by atoms with E-state index in [1.54, 1.807) is 12.1 Å². The molecular formula is C10H6N2O. The monoisotopic (exact) mass is 170 g/mol. The Morgan fingerprint density at radius 2 is 2.00 bits per heavy atom. The lowest BCUT2D eigenvalue weighted by Crippen LogP contribution is -1.87. The van der Waals surface area contributed by atoms with Crippen molar-refractivity contribution in [2.45, 2.75) is 0 Å². The summed E-state index contributed by atoms with van der Waals surface area (Å²) in [6.07, 6.45) is 0. The van der Waals surface area contributed by atoms with E-state index < -0.39 is 0 Å². The largest absolute Gasteiger partial charge is 0.450 e. The van der Waals surface area contributed by atoms with Crippen molar-refractivity contribution in [1.29, 1.82) is 5.41 Å². The predicted octanol–water partition coefficient (Wildman–Crippen LogP) is 2.41. The van der Waals surface area contributed by atoms with Crippen LogP contribution < -0.4 is 5.55 Å². The lowest BCUT2D eigenvalue weighted by atomic mass is 10.2. The molecule has 3 nitrogen and oxygen atoms in total. The molecule has 0 atom stereocenters. The fourth-order valence-electron chi connectivity index (χ4n) is 1.21. The van der Waals surface area contributed by atoms with Gasteiger partial charge in [-0.2, -0.15) is 0 Å². The minimum Gasteiger partial charge on any atom is -0.450 e. The third kappa shape index (κ3) is 1.09. The second-order valence-electron chi connectivity index (χ2n) is 2.58. The Bertz CT molecular complexity index is 507. The van der Waals surface area contributed by atoms with Crippen molar-refractivity contribution in [3.8, 4) is 11.3 Å². The molecule has 0 radical (unpaired) electrons. The third-order valence-corrected chi connectivity index (χ3v) is 1.79. The maximum absolute atomic E-state index is 7.38. The van der Waals surface area contributed by atoms with Crippen LogP contribution in [0, 0.1) is 12.0 Å². The first-order chi connectivity index (χ1) is 6.33. The maximum atomic E-state index is 7.38. The van der Waals surface area contributed by atoms with Crippen LogP contribution in [0.25, 0.3) is 16.2 Å². The summed E-state index contributed by atoms with van der Waals surface area (Å²) in [6, 6.07) is 9.03. The van der Waals surface area contributed by atoms with Crippen molar-refractivity contribution >= 4 is 5.69 Å². The highest BCUT2D eigenvalue weighted by molar-refractivity contribution is 5.75. The average molecular weight is 170 g/mol. The minimum atomic E-state index is -0.0591. The number of hydrogen-bond acceptors (Lipinski definition) is 2. The summed E-state index contributed by atoms with van der Waals surface area (Å²) in [4.78, 5) is 3.25. The molecule has 0 amide bonds. The van der Waals surface area contributed by atoms with Crippen LogP contribution in [0.3, 0.4) is 0 Å². The number of nitrogens with zero attached hydrogens (tertiary/aromatic N) is 1. The Morgan fingerprint density at radius 3 is 2.77 bits per heavy atom. The molecule has 1 heterocycles. The lowest BCUT2D eigenvalue weighted by molar-refractivity contribution is 0.522. The van der Waals surface area contributed by atoms with Crippen LogP contribution in [-0.4, -0.2) is 0 Å². The highest BCUT2D eigenvalue weighted by Crippen LogP contribution is 2.28. The molecule has 62 valence electrons. The Kier molecular flexibility index (Phi) is 1.60. The van der Waals surface area contributed by atoms with Gasteiger partial charge in [-0.3, -0.25) is 5.41 Å². The van der Waals surface area contributed by atoms with Gasteiger partial charge in [-0.25, -0.2) is 4.85 Å². The van der Waals surface area contributed by atoms with Gasteiger partial charge in [0.05, 0.1) is 6.57 Å². The van der Waals surface area contributed by atoms with Crippen molar-refractivity contribution in [2.24, 2.45) is 0 Å². The fourth-order valence-corrected chi connectivity index (χ4v) is 1.21. The molecule has 0 aromatic rings. The van der Waals surface area contributed by atoms with E-state index >= 15 is 0 Å². The van der Waals surface area contributed by atoms with E-state index in [9.17, 15) is 0 Å². The van der Waals surface area contributed by atoms with Gasteiger partial charge in [0.15, 0.2) is 0 Å². The third-order valence-electron chi connectivity index (χ3n) is 1.79. The minimum absolute atomic E-state index is 0.0591. The molecule has 0 unspecified atom stereocenters. The van der Waals surface area contributed by atoms with E-state index in [1.165, 1.54) is 0 Å². The molecule has 0 saturated heterocycles. The average Bonchev–Trinajstić information content (AvgIpc) is 2.32. The molecule has 0 bridgehead atoms. The van der Waals surface area contributed by atoms with Gasteiger partial charge in [0, 0.05) is 5.56 Å². The standard InChI is InChI=1S/C10H6N2O/c1-12-9-7-5-3-2-4-6-8(7)13-10(9)11/h2-6,11H. The zero-order valence-corrected chi connectivity index (χ0v) is 6.74. The van der Waals surface area contributed by atoms with Crippen LogP contribution in [0.4, 0.5) is 5.69 Å². The molecule has 3 heteroatoms. The number of rotatable bonds is 0. The van der Waals surface area contributed by atoms with Crippen molar-refractivity contribution in [2.75, 3.05) is 0 Å². The topological polar surface area (TPSA) is 41.4 Å². The van der Waals surface area contributed by atoms with Gasteiger partial charge in [0.1, 0.15) is 5.76 Å². The van der Waals surface area contributed by atoms with E-state index in [4.69, 9.17) is 16.4 Å². The molecule has 2 rings (SSSR count). The first-order valence-corrected chi connectivity index (χ1v) is 3.77. The van der Waals surface area contributed by atoms with Crippen molar-refractivity contribution in [1.82, 2.24) is 0 Å². The summed E-state index contributed by atoms with van der Waals surface area (Å²) in [5, 5.41) is 7.38. The molecule has 0 fully saturated rings. The Balaban J connectivity index is 2.89. The first-order valence-electron chi connectivity index (χ1n) is 3.77. The summed E-state index contributed by atoms with van der Waals surface area (Å²) in [7, 11) is 0. The highest BCUT2D eigenvalue weighted by atomic mass is 16.3. The molecule has 0 aromatic heterocycles. The number of hydrogen-bond donors (Lipinski definition) is 1. The van der Waals surface area contributed by atoms with Crippen LogP contribution >= 0.6 is 0 Å².